The van der Waals surface area contributed by atoms with Gasteiger partial charge in [-0.1, -0.05) is 41.6 Å². The topological polar surface area (TPSA) is 9.23 Å². The fourth-order valence-corrected chi connectivity index (χ4v) is 3.35. The molecule has 0 aliphatic heterocycles. The fraction of sp³-hybridized carbons (Fsp3) is 0.176. The molecule has 0 atom stereocenters. The van der Waals surface area contributed by atoms with Gasteiger partial charge in [-0.2, -0.15) is 0 Å². The van der Waals surface area contributed by atoms with E-state index in [1.165, 1.54) is 5.56 Å². The van der Waals surface area contributed by atoms with E-state index in [0.29, 0.717) is 6.61 Å². The lowest BCUT2D eigenvalue weighted by Gasteiger charge is -2.13. The predicted octanol–water partition coefficient (Wildman–Crippen LogP) is 5.67. The second-order valence-corrected chi connectivity index (χ2v) is 6.78. The summed E-state index contributed by atoms with van der Waals surface area (Å²) in [5.41, 5.74) is 2.15. The molecule has 0 bridgehead atoms. The predicted molar refractivity (Wildman–Crippen MR) is 99.5 cm³/mol. The van der Waals surface area contributed by atoms with Gasteiger partial charge in [-0.15, -0.1) is 25.3 Å². The summed E-state index contributed by atoms with van der Waals surface area (Å²) in [6, 6.07) is 16.2. The van der Waals surface area contributed by atoms with Crippen molar-refractivity contribution in [3.8, 4) is 5.75 Å². The van der Waals surface area contributed by atoms with Crippen molar-refractivity contribution >= 4 is 41.9 Å². The van der Waals surface area contributed by atoms with E-state index in [9.17, 15) is 0 Å². The highest BCUT2D eigenvalue weighted by Gasteiger charge is 2.11. The van der Waals surface area contributed by atoms with Gasteiger partial charge >= 0.3 is 0 Å². The SMILES string of the molecule is CCOc1ccc(C)cc1C(S)=C(S)Sc1ccccc1. The maximum absolute atomic E-state index is 5.69. The van der Waals surface area contributed by atoms with Crippen LogP contribution < -0.4 is 4.74 Å². The zero-order valence-electron chi connectivity index (χ0n) is 12.0. The van der Waals surface area contributed by atoms with Gasteiger partial charge in [0.15, 0.2) is 0 Å². The Morgan fingerprint density at radius 2 is 1.81 bits per heavy atom. The largest absolute Gasteiger partial charge is 0.493 e. The molecule has 0 aliphatic rings. The molecule has 0 saturated heterocycles. The summed E-state index contributed by atoms with van der Waals surface area (Å²) in [7, 11) is 0. The molecule has 0 radical (unpaired) electrons. The summed E-state index contributed by atoms with van der Waals surface area (Å²) >= 11 is 10.9. The van der Waals surface area contributed by atoms with Crippen molar-refractivity contribution in [1.82, 2.24) is 0 Å². The van der Waals surface area contributed by atoms with Crippen molar-refractivity contribution in [2.75, 3.05) is 6.61 Å². The van der Waals surface area contributed by atoms with Crippen LogP contribution in [0, 0.1) is 6.92 Å². The summed E-state index contributed by atoms with van der Waals surface area (Å²) in [4.78, 5) is 1.97. The lowest BCUT2D eigenvalue weighted by Crippen LogP contribution is -1.95. The summed E-state index contributed by atoms with van der Waals surface area (Å²) < 4.78 is 6.54. The first-order chi connectivity index (χ1) is 10.1. The quantitative estimate of drug-likeness (QED) is 0.538. The van der Waals surface area contributed by atoms with E-state index in [2.05, 4.69) is 50.4 Å². The number of thioether (sulfide) groups is 1. The van der Waals surface area contributed by atoms with Crippen molar-refractivity contribution in [2.24, 2.45) is 0 Å². The molecule has 2 aromatic rings. The van der Waals surface area contributed by atoms with Crippen LogP contribution >= 0.6 is 37.0 Å². The third-order valence-electron chi connectivity index (χ3n) is 2.85. The molecular formula is C17H18OS3. The van der Waals surface area contributed by atoms with E-state index >= 15 is 0 Å². The van der Waals surface area contributed by atoms with E-state index < -0.39 is 0 Å². The Labute approximate surface area is 141 Å². The van der Waals surface area contributed by atoms with Crippen molar-refractivity contribution in [2.45, 2.75) is 18.7 Å². The highest BCUT2D eigenvalue weighted by Crippen LogP contribution is 2.40. The molecule has 2 aromatic carbocycles. The summed E-state index contributed by atoms with van der Waals surface area (Å²) in [5, 5.41) is 0. The first kappa shape index (κ1) is 16.4. The molecule has 110 valence electrons. The number of hydrogen-bond donors (Lipinski definition) is 2. The molecule has 0 fully saturated rings. The average Bonchev–Trinajstić information content (AvgIpc) is 2.49. The highest BCUT2D eigenvalue weighted by molar-refractivity contribution is 8.17. The average molecular weight is 335 g/mol. The minimum atomic E-state index is 0.630. The third-order valence-corrected chi connectivity index (χ3v) is 5.05. The van der Waals surface area contributed by atoms with Crippen molar-refractivity contribution in [3.63, 3.8) is 0 Å². The maximum atomic E-state index is 5.69. The van der Waals surface area contributed by atoms with Crippen LogP contribution in [0.25, 0.3) is 4.91 Å². The van der Waals surface area contributed by atoms with Crippen LogP contribution in [0.5, 0.6) is 5.75 Å². The molecule has 0 aliphatic carbocycles. The van der Waals surface area contributed by atoms with Gasteiger partial charge in [0.2, 0.25) is 0 Å². The minimum Gasteiger partial charge on any atom is -0.493 e. The molecule has 0 unspecified atom stereocenters. The van der Waals surface area contributed by atoms with Crippen LogP contribution in [0.4, 0.5) is 0 Å². The Balaban J connectivity index is 2.35. The standard InChI is InChI=1S/C17H18OS3/c1-3-18-15-10-9-12(2)11-14(15)16(19)17(20)21-13-7-5-4-6-8-13/h4-11,19-20H,3H2,1-2H3. The fourth-order valence-electron chi connectivity index (χ4n) is 1.87. The van der Waals surface area contributed by atoms with E-state index in [1.807, 2.05) is 37.3 Å². The second-order valence-electron chi connectivity index (χ2n) is 4.50. The Bertz CT molecular complexity index is 636. The van der Waals surface area contributed by atoms with Gasteiger partial charge < -0.3 is 4.74 Å². The van der Waals surface area contributed by atoms with E-state index in [4.69, 9.17) is 4.74 Å². The van der Waals surface area contributed by atoms with Crippen LogP contribution in [0.3, 0.4) is 0 Å². The molecule has 0 N–H and O–H groups in total. The molecule has 1 nitrogen and oxygen atoms in total. The molecule has 0 aromatic heterocycles. The molecule has 0 saturated carbocycles. The molecule has 21 heavy (non-hydrogen) atoms. The molecule has 0 amide bonds. The molecule has 2 rings (SSSR count). The van der Waals surface area contributed by atoms with Gasteiger partial charge in [0.1, 0.15) is 5.75 Å². The van der Waals surface area contributed by atoms with Crippen LogP contribution in [0.15, 0.2) is 57.7 Å². The summed E-state index contributed by atoms with van der Waals surface area (Å²) in [6.45, 7) is 4.67. The molecule has 4 heteroatoms. The van der Waals surface area contributed by atoms with Crippen molar-refractivity contribution in [3.05, 3.63) is 63.9 Å². The van der Waals surface area contributed by atoms with Gasteiger partial charge in [0.25, 0.3) is 0 Å². The number of ether oxygens (including phenoxy) is 1. The zero-order chi connectivity index (χ0) is 15.2. The normalized spacial score (nSPS) is 12.0. The molecule has 0 heterocycles. The number of rotatable bonds is 5. The molecule has 0 spiro atoms. The van der Waals surface area contributed by atoms with Crippen LogP contribution in [-0.2, 0) is 0 Å². The Hall–Kier alpha value is -0.970. The van der Waals surface area contributed by atoms with Gasteiger partial charge in [0, 0.05) is 15.4 Å². The Morgan fingerprint density at radius 3 is 2.48 bits per heavy atom. The smallest absolute Gasteiger partial charge is 0.127 e. The Kier molecular flexibility index (Phi) is 6.15. The van der Waals surface area contributed by atoms with E-state index in [0.717, 1.165) is 25.4 Å². The highest BCUT2D eigenvalue weighted by atomic mass is 32.2. The van der Waals surface area contributed by atoms with Crippen LogP contribution in [0.1, 0.15) is 18.1 Å². The van der Waals surface area contributed by atoms with Gasteiger partial charge in [-0.25, -0.2) is 0 Å². The van der Waals surface area contributed by atoms with E-state index in [1.54, 1.807) is 11.8 Å². The summed E-state index contributed by atoms with van der Waals surface area (Å²) in [6.07, 6.45) is 0. The third kappa shape index (κ3) is 4.50. The second kappa shape index (κ2) is 7.87. The number of thiol groups is 2. The lowest BCUT2D eigenvalue weighted by atomic mass is 10.1. The van der Waals surface area contributed by atoms with Gasteiger partial charge in [0.05, 0.1) is 10.8 Å². The Morgan fingerprint density at radius 1 is 1.10 bits per heavy atom. The minimum absolute atomic E-state index is 0.630. The van der Waals surface area contributed by atoms with Gasteiger partial charge in [-0.05, 0) is 38.1 Å². The van der Waals surface area contributed by atoms with Gasteiger partial charge in [-0.3, -0.25) is 0 Å². The maximum Gasteiger partial charge on any atom is 0.127 e. The number of aryl methyl sites for hydroxylation is 1. The first-order valence-electron chi connectivity index (χ1n) is 6.70. The number of benzene rings is 2. The van der Waals surface area contributed by atoms with E-state index in [-0.39, 0.29) is 0 Å². The zero-order valence-corrected chi connectivity index (χ0v) is 14.6. The first-order valence-corrected chi connectivity index (χ1v) is 8.42. The van der Waals surface area contributed by atoms with Crippen molar-refractivity contribution in [1.29, 1.82) is 0 Å². The summed E-state index contributed by atoms with van der Waals surface area (Å²) in [5.74, 6) is 0.841. The number of hydrogen-bond acceptors (Lipinski definition) is 4. The van der Waals surface area contributed by atoms with Crippen LogP contribution in [0.2, 0.25) is 0 Å². The van der Waals surface area contributed by atoms with Crippen LogP contribution in [-0.4, -0.2) is 6.61 Å². The monoisotopic (exact) mass is 334 g/mol. The van der Waals surface area contributed by atoms with Crippen molar-refractivity contribution < 1.29 is 4.74 Å². The molecular weight excluding hydrogens is 316 g/mol. The lowest BCUT2D eigenvalue weighted by molar-refractivity contribution is 0.339.